The van der Waals surface area contributed by atoms with E-state index >= 15 is 0 Å². The van der Waals surface area contributed by atoms with Gasteiger partial charge in [0.15, 0.2) is 0 Å². The van der Waals surface area contributed by atoms with Crippen LogP contribution in [-0.2, 0) is 0 Å². The van der Waals surface area contributed by atoms with E-state index < -0.39 is 15.8 Å². The van der Waals surface area contributed by atoms with Gasteiger partial charge in [0, 0.05) is 0 Å². The summed E-state index contributed by atoms with van der Waals surface area (Å²) in [4.78, 5) is 14.5. The molecule has 0 spiro atoms. The topological polar surface area (TPSA) is 50.7 Å². The summed E-state index contributed by atoms with van der Waals surface area (Å²) in [6.45, 7) is 1.98. The van der Waals surface area contributed by atoms with Crippen LogP contribution in [0.4, 0.5) is 9.52 Å². The van der Waals surface area contributed by atoms with E-state index in [0.717, 1.165) is 30.4 Å². The van der Waals surface area contributed by atoms with E-state index in [9.17, 15) is 4.39 Å². The third-order valence-electron chi connectivity index (χ3n) is 3.00. The SMILES string of the molecule is CNc1nc(C)c(-c2ccnc([AsH]c3ccc(F)cc3)n2)s1. The maximum atomic E-state index is 13.0. The van der Waals surface area contributed by atoms with E-state index in [2.05, 4.69) is 20.3 Å². The summed E-state index contributed by atoms with van der Waals surface area (Å²) in [6.07, 6.45) is 1.78. The number of hydrogen-bond donors (Lipinski definition) is 1. The third-order valence-corrected chi connectivity index (χ3v) is 6.48. The molecule has 1 aromatic carbocycles. The number of halogens is 1. The predicted molar refractivity (Wildman–Crippen MR) is 90.2 cm³/mol. The van der Waals surface area contributed by atoms with Crippen molar-refractivity contribution in [3.8, 4) is 10.6 Å². The molecule has 0 aliphatic heterocycles. The van der Waals surface area contributed by atoms with Crippen molar-refractivity contribution in [3.05, 3.63) is 48.0 Å². The Bertz CT molecular complexity index is 788. The number of aromatic nitrogens is 3. The zero-order valence-electron chi connectivity index (χ0n) is 12.1. The molecule has 0 amide bonds. The molecule has 1 atom stereocenters. The van der Waals surface area contributed by atoms with Crippen LogP contribution in [0.1, 0.15) is 5.69 Å². The minimum atomic E-state index is -0.669. The van der Waals surface area contributed by atoms with Gasteiger partial charge in [0.1, 0.15) is 0 Å². The first-order valence-electron chi connectivity index (χ1n) is 6.67. The van der Waals surface area contributed by atoms with Crippen molar-refractivity contribution in [1.29, 1.82) is 0 Å². The average molecular weight is 376 g/mol. The minimum absolute atomic E-state index is 0.218. The van der Waals surface area contributed by atoms with Gasteiger partial charge in [-0.3, -0.25) is 0 Å². The Kier molecular flexibility index (Phi) is 4.50. The summed E-state index contributed by atoms with van der Waals surface area (Å²) < 4.78 is 14.9. The summed E-state index contributed by atoms with van der Waals surface area (Å²) >= 11 is 0.912. The van der Waals surface area contributed by atoms with Gasteiger partial charge in [0.05, 0.1) is 0 Å². The number of thiazole rings is 1. The molecule has 112 valence electrons. The Morgan fingerprint density at radius 1 is 1.14 bits per heavy atom. The van der Waals surface area contributed by atoms with Crippen LogP contribution in [-0.4, -0.2) is 37.8 Å². The molecule has 2 aromatic heterocycles. The monoisotopic (exact) mass is 376 g/mol. The number of anilines is 1. The van der Waals surface area contributed by atoms with Gasteiger partial charge in [0.25, 0.3) is 0 Å². The Morgan fingerprint density at radius 3 is 2.59 bits per heavy atom. The summed E-state index contributed by atoms with van der Waals surface area (Å²) in [7, 11) is 1.86. The van der Waals surface area contributed by atoms with Crippen molar-refractivity contribution in [1.82, 2.24) is 15.0 Å². The van der Waals surface area contributed by atoms with Gasteiger partial charge >= 0.3 is 138 Å². The van der Waals surface area contributed by atoms with Crippen molar-refractivity contribution in [3.63, 3.8) is 0 Å². The zero-order valence-corrected chi connectivity index (χ0v) is 15.0. The van der Waals surface area contributed by atoms with Crippen LogP contribution in [0, 0.1) is 12.7 Å². The van der Waals surface area contributed by atoms with Crippen molar-refractivity contribution in [2.75, 3.05) is 12.4 Å². The number of nitrogens with zero attached hydrogens (tertiary/aromatic N) is 3. The first-order valence-corrected chi connectivity index (χ1v) is 9.58. The third kappa shape index (κ3) is 3.34. The van der Waals surface area contributed by atoms with E-state index in [1.165, 1.54) is 12.1 Å². The molecule has 2 heterocycles. The first kappa shape index (κ1) is 15.1. The molecule has 3 aromatic rings. The Morgan fingerprint density at radius 2 is 1.91 bits per heavy atom. The fourth-order valence-electron chi connectivity index (χ4n) is 1.95. The first-order chi connectivity index (χ1) is 10.7. The van der Waals surface area contributed by atoms with E-state index in [1.54, 1.807) is 17.5 Å². The number of benzene rings is 1. The van der Waals surface area contributed by atoms with E-state index in [1.807, 2.05) is 32.2 Å². The second-order valence-electron chi connectivity index (χ2n) is 4.58. The van der Waals surface area contributed by atoms with Gasteiger partial charge < -0.3 is 0 Å². The summed E-state index contributed by atoms with van der Waals surface area (Å²) in [5.41, 5.74) is 1.85. The van der Waals surface area contributed by atoms with Crippen molar-refractivity contribution >= 4 is 41.2 Å². The molecule has 0 saturated carbocycles. The second-order valence-corrected chi connectivity index (χ2v) is 8.25. The molecule has 1 unspecified atom stereocenters. The molecule has 0 radical (unpaired) electrons. The zero-order chi connectivity index (χ0) is 15.5. The quantitative estimate of drug-likeness (QED) is 0.701. The van der Waals surface area contributed by atoms with Crippen LogP contribution in [0.2, 0.25) is 0 Å². The molecule has 0 saturated heterocycles. The molecular formula is C15H14AsFN4S. The summed E-state index contributed by atoms with van der Waals surface area (Å²) in [5, 5.41) is 3.93. The molecule has 3 rings (SSSR count). The number of aryl methyl sites for hydroxylation is 1. The molecule has 7 heteroatoms. The van der Waals surface area contributed by atoms with Crippen LogP contribution in [0.15, 0.2) is 36.5 Å². The molecule has 1 N–H and O–H groups in total. The normalized spacial score (nSPS) is 11.2. The van der Waals surface area contributed by atoms with Gasteiger partial charge in [-0.15, -0.1) is 0 Å². The molecule has 0 aliphatic carbocycles. The van der Waals surface area contributed by atoms with Crippen LogP contribution < -0.4 is 14.3 Å². The van der Waals surface area contributed by atoms with Gasteiger partial charge in [-0.25, -0.2) is 0 Å². The van der Waals surface area contributed by atoms with E-state index in [0.29, 0.717) is 0 Å². The Balaban J connectivity index is 1.88. The fourth-order valence-corrected chi connectivity index (χ4v) is 4.74. The molecule has 0 bridgehead atoms. The number of nitrogens with one attached hydrogen (secondary N) is 1. The Labute approximate surface area is 138 Å². The van der Waals surface area contributed by atoms with Crippen molar-refractivity contribution in [2.24, 2.45) is 0 Å². The van der Waals surface area contributed by atoms with Gasteiger partial charge in [-0.2, -0.15) is 0 Å². The van der Waals surface area contributed by atoms with Crippen molar-refractivity contribution < 1.29 is 4.39 Å². The molecular weight excluding hydrogens is 362 g/mol. The molecule has 4 nitrogen and oxygen atoms in total. The number of hydrogen-bond acceptors (Lipinski definition) is 5. The predicted octanol–water partition coefficient (Wildman–Crippen LogP) is 1.48. The molecule has 0 aliphatic rings. The van der Waals surface area contributed by atoms with Crippen LogP contribution in [0.25, 0.3) is 10.6 Å². The summed E-state index contributed by atoms with van der Waals surface area (Å²) in [6, 6.07) is 8.48. The number of rotatable bonds is 4. The average Bonchev–Trinajstić information content (AvgIpc) is 2.91. The second kappa shape index (κ2) is 6.55. The maximum absolute atomic E-state index is 13.0. The standard InChI is InChI=1S/C15H14AsFN4S/c1-9-13(22-15(18-2)20-9)12-7-8-19-14(21-12)16-10-3-5-11(17)6-4-10/h3-8,16H,1-2H3,(H,18,20). The van der Waals surface area contributed by atoms with E-state index in [-0.39, 0.29) is 5.82 Å². The van der Waals surface area contributed by atoms with Crippen molar-refractivity contribution in [2.45, 2.75) is 6.92 Å². The van der Waals surface area contributed by atoms with Gasteiger partial charge in [0.2, 0.25) is 0 Å². The summed E-state index contributed by atoms with van der Waals surface area (Å²) in [5.74, 6) is -0.218. The van der Waals surface area contributed by atoms with Gasteiger partial charge in [-0.1, -0.05) is 0 Å². The molecule has 0 fully saturated rings. The van der Waals surface area contributed by atoms with Crippen LogP contribution >= 0.6 is 11.3 Å². The van der Waals surface area contributed by atoms with E-state index in [4.69, 9.17) is 0 Å². The van der Waals surface area contributed by atoms with Crippen LogP contribution in [0.5, 0.6) is 0 Å². The fraction of sp³-hybridized carbons (Fsp3) is 0.133. The Hall–Kier alpha value is -1.78. The van der Waals surface area contributed by atoms with Crippen LogP contribution in [0.3, 0.4) is 0 Å². The van der Waals surface area contributed by atoms with Gasteiger partial charge in [-0.05, 0) is 0 Å². The molecule has 22 heavy (non-hydrogen) atoms.